The van der Waals surface area contributed by atoms with Gasteiger partial charge >= 0.3 is 0 Å². The normalized spacial score (nSPS) is 28.5. The van der Waals surface area contributed by atoms with Crippen molar-refractivity contribution in [1.82, 2.24) is 0 Å². The molecule has 1 fully saturated rings. The molecular formula is C19H34O3. The van der Waals surface area contributed by atoms with E-state index < -0.39 is 5.60 Å². The Morgan fingerprint density at radius 3 is 2.68 bits per heavy atom. The highest BCUT2D eigenvalue weighted by molar-refractivity contribution is 5.92. The van der Waals surface area contributed by atoms with E-state index in [1.54, 1.807) is 6.08 Å². The summed E-state index contributed by atoms with van der Waals surface area (Å²) in [5.74, 6) is 0.684. The molecule has 0 aromatic rings. The zero-order valence-electron chi connectivity index (χ0n) is 15.0. The van der Waals surface area contributed by atoms with Gasteiger partial charge in [0.15, 0.2) is 5.78 Å². The largest absolute Gasteiger partial charge is 0.390 e. The van der Waals surface area contributed by atoms with Gasteiger partial charge in [0.05, 0.1) is 11.7 Å². The maximum Gasteiger partial charge on any atom is 0.158 e. The van der Waals surface area contributed by atoms with Crippen LogP contribution in [-0.4, -0.2) is 29.2 Å². The second-order valence-electron chi connectivity index (χ2n) is 7.41. The number of hydrogen-bond donors (Lipinski definition) is 1. The Labute approximate surface area is 136 Å². The lowest BCUT2D eigenvalue weighted by atomic mass is 9.87. The lowest BCUT2D eigenvalue weighted by Gasteiger charge is -2.33. The van der Waals surface area contributed by atoms with Crippen molar-refractivity contribution in [2.75, 3.05) is 6.61 Å². The Bertz CT molecular complexity index is 386. The van der Waals surface area contributed by atoms with E-state index in [1.807, 2.05) is 20.8 Å². The van der Waals surface area contributed by atoms with Crippen LogP contribution >= 0.6 is 0 Å². The van der Waals surface area contributed by atoms with Crippen LogP contribution in [0.1, 0.15) is 73.1 Å². The molecule has 1 aliphatic rings. The van der Waals surface area contributed by atoms with Crippen LogP contribution in [-0.2, 0) is 9.53 Å². The molecule has 0 aromatic heterocycles. The summed E-state index contributed by atoms with van der Waals surface area (Å²) in [6.45, 7) is 11.0. The van der Waals surface area contributed by atoms with Crippen LogP contribution in [0.25, 0.3) is 0 Å². The van der Waals surface area contributed by atoms with E-state index in [-0.39, 0.29) is 17.8 Å². The van der Waals surface area contributed by atoms with Crippen molar-refractivity contribution in [2.24, 2.45) is 11.8 Å². The zero-order valence-corrected chi connectivity index (χ0v) is 15.0. The number of aliphatic hydroxyl groups excluding tert-OH is 1. The molecule has 0 bridgehead atoms. The standard InChI is InChI=1S/C19H34O3/c1-14(2)16(4)13-17(20)15(3)9-8-11-19(5)18(21)10-6-7-12-22-19/h13-15,18,21H,6-12H2,1-5H3. The molecule has 0 saturated carbocycles. The van der Waals surface area contributed by atoms with Crippen molar-refractivity contribution in [2.45, 2.75) is 84.8 Å². The average Bonchev–Trinajstić information content (AvgIpc) is 2.61. The van der Waals surface area contributed by atoms with Crippen LogP contribution in [0.4, 0.5) is 0 Å². The monoisotopic (exact) mass is 310 g/mol. The number of carbonyl (C=O) groups excluding carboxylic acids is 1. The summed E-state index contributed by atoms with van der Waals surface area (Å²) >= 11 is 0. The van der Waals surface area contributed by atoms with E-state index in [9.17, 15) is 9.90 Å². The molecule has 0 spiro atoms. The van der Waals surface area contributed by atoms with Gasteiger partial charge in [-0.25, -0.2) is 0 Å². The SMILES string of the molecule is CC(=CC(=O)C(C)CCCC1(C)OCCCCC1O)C(C)C. The third kappa shape index (κ3) is 5.85. The molecule has 3 unspecified atom stereocenters. The van der Waals surface area contributed by atoms with Gasteiger partial charge in [0.25, 0.3) is 0 Å². The summed E-state index contributed by atoms with van der Waals surface area (Å²) in [4.78, 5) is 12.2. The smallest absolute Gasteiger partial charge is 0.158 e. The zero-order chi connectivity index (χ0) is 16.8. The minimum atomic E-state index is -0.442. The third-order valence-corrected chi connectivity index (χ3v) is 5.09. The minimum absolute atomic E-state index is 0.0419. The maximum absolute atomic E-state index is 12.2. The highest BCUT2D eigenvalue weighted by Crippen LogP contribution is 2.30. The number of hydrogen-bond acceptors (Lipinski definition) is 3. The lowest BCUT2D eigenvalue weighted by molar-refractivity contribution is -0.119. The van der Waals surface area contributed by atoms with E-state index in [0.717, 1.165) is 50.7 Å². The molecule has 0 aromatic carbocycles. The molecule has 3 heteroatoms. The van der Waals surface area contributed by atoms with E-state index in [0.29, 0.717) is 5.92 Å². The van der Waals surface area contributed by atoms with E-state index >= 15 is 0 Å². The summed E-state index contributed by atoms with van der Waals surface area (Å²) in [6, 6.07) is 0. The van der Waals surface area contributed by atoms with Crippen molar-refractivity contribution in [3.05, 3.63) is 11.6 Å². The van der Waals surface area contributed by atoms with Crippen LogP contribution in [0, 0.1) is 11.8 Å². The first-order chi connectivity index (χ1) is 10.3. The number of allylic oxidation sites excluding steroid dienone is 2. The second kappa shape index (κ2) is 8.83. The fourth-order valence-corrected chi connectivity index (χ4v) is 2.82. The van der Waals surface area contributed by atoms with Crippen LogP contribution < -0.4 is 0 Å². The Morgan fingerprint density at radius 2 is 2.05 bits per heavy atom. The molecule has 0 radical (unpaired) electrons. The van der Waals surface area contributed by atoms with E-state index in [4.69, 9.17) is 4.74 Å². The number of rotatable bonds is 7. The van der Waals surface area contributed by atoms with E-state index in [1.165, 1.54) is 0 Å². The van der Waals surface area contributed by atoms with Gasteiger partial charge in [-0.3, -0.25) is 4.79 Å². The van der Waals surface area contributed by atoms with Gasteiger partial charge in [-0.15, -0.1) is 0 Å². The van der Waals surface area contributed by atoms with Crippen molar-refractivity contribution < 1.29 is 14.6 Å². The van der Waals surface area contributed by atoms with Crippen LogP contribution in [0.2, 0.25) is 0 Å². The Kier molecular flexibility index (Phi) is 7.78. The number of ether oxygens (including phenoxy) is 1. The summed E-state index contributed by atoms with van der Waals surface area (Å²) in [5, 5.41) is 10.3. The molecule has 1 heterocycles. The number of aliphatic hydroxyl groups is 1. The molecule has 3 atom stereocenters. The fourth-order valence-electron chi connectivity index (χ4n) is 2.82. The van der Waals surface area contributed by atoms with Crippen molar-refractivity contribution in [3.8, 4) is 0 Å². The first-order valence-electron chi connectivity index (χ1n) is 8.80. The molecule has 0 amide bonds. The van der Waals surface area contributed by atoms with Crippen LogP contribution in [0.3, 0.4) is 0 Å². The molecule has 0 aliphatic carbocycles. The first kappa shape index (κ1) is 19.4. The fraction of sp³-hybridized carbons (Fsp3) is 0.842. The summed E-state index contributed by atoms with van der Waals surface area (Å²) in [7, 11) is 0. The van der Waals surface area contributed by atoms with Gasteiger partial charge in [0.1, 0.15) is 0 Å². The highest BCUT2D eigenvalue weighted by Gasteiger charge is 2.34. The van der Waals surface area contributed by atoms with Gasteiger partial charge < -0.3 is 9.84 Å². The Balaban J connectivity index is 2.45. The van der Waals surface area contributed by atoms with Gasteiger partial charge in [-0.1, -0.05) is 26.3 Å². The molecule has 128 valence electrons. The summed E-state index contributed by atoms with van der Waals surface area (Å²) < 4.78 is 5.89. The Hall–Kier alpha value is -0.670. The van der Waals surface area contributed by atoms with Gasteiger partial charge in [-0.2, -0.15) is 0 Å². The quantitative estimate of drug-likeness (QED) is 0.714. The van der Waals surface area contributed by atoms with Crippen LogP contribution in [0.15, 0.2) is 11.6 Å². The molecule has 1 saturated heterocycles. The second-order valence-corrected chi connectivity index (χ2v) is 7.41. The summed E-state index contributed by atoms with van der Waals surface area (Å²) in [6.07, 6.45) is 6.88. The van der Waals surface area contributed by atoms with Gasteiger partial charge in [0.2, 0.25) is 0 Å². The van der Waals surface area contributed by atoms with E-state index in [2.05, 4.69) is 13.8 Å². The predicted octanol–water partition coefficient (Wildman–Crippen LogP) is 4.28. The van der Waals surface area contributed by atoms with Crippen LogP contribution in [0.5, 0.6) is 0 Å². The molecular weight excluding hydrogens is 276 g/mol. The summed E-state index contributed by atoms with van der Waals surface area (Å²) in [5.41, 5.74) is 0.703. The molecule has 1 N–H and O–H groups in total. The maximum atomic E-state index is 12.2. The van der Waals surface area contributed by atoms with Gasteiger partial charge in [-0.05, 0) is 64.4 Å². The number of carbonyl (C=O) groups is 1. The highest BCUT2D eigenvalue weighted by atomic mass is 16.5. The minimum Gasteiger partial charge on any atom is -0.390 e. The van der Waals surface area contributed by atoms with Crippen molar-refractivity contribution in [3.63, 3.8) is 0 Å². The predicted molar refractivity (Wildman–Crippen MR) is 90.8 cm³/mol. The molecule has 22 heavy (non-hydrogen) atoms. The number of ketones is 1. The Morgan fingerprint density at radius 1 is 1.36 bits per heavy atom. The van der Waals surface area contributed by atoms with Gasteiger partial charge in [0, 0.05) is 12.5 Å². The lowest BCUT2D eigenvalue weighted by Crippen LogP contribution is -2.41. The molecule has 1 aliphatic heterocycles. The molecule has 1 rings (SSSR count). The molecule has 3 nitrogen and oxygen atoms in total. The van der Waals surface area contributed by atoms with Crippen molar-refractivity contribution >= 4 is 5.78 Å². The first-order valence-corrected chi connectivity index (χ1v) is 8.80. The average molecular weight is 310 g/mol. The topological polar surface area (TPSA) is 46.5 Å². The van der Waals surface area contributed by atoms with Crippen molar-refractivity contribution in [1.29, 1.82) is 0 Å². The third-order valence-electron chi connectivity index (χ3n) is 5.09.